The van der Waals surface area contributed by atoms with E-state index in [1.807, 2.05) is 0 Å². The fraction of sp³-hybridized carbons (Fsp3) is 0.818. The lowest BCUT2D eigenvalue weighted by molar-refractivity contribution is -0.138. The molecule has 0 spiro atoms. The first-order chi connectivity index (χ1) is 8.09. The summed E-state index contributed by atoms with van der Waals surface area (Å²) in [6.07, 6.45) is 5.74. The normalized spacial score (nSPS) is 18.6. The number of hydrogen-bond acceptors (Lipinski definition) is 4. The molecule has 17 heavy (non-hydrogen) atoms. The molecular formula is C11H20N2O3S. The fourth-order valence-corrected chi connectivity index (χ4v) is 2.65. The van der Waals surface area contributed by atoms with E-state index in [2.05, 4.69) is 5.32 Å². The Hall–Kier alpha value is -0.750. The highest BCUT2D eigenvalue weighted by Crippen LogP contribution is 2.17. The number of carbonyl (C=O) groups is 2. The highest BCUT2D eigenvalue weighted by molar-refractivity contribution is 8.00. The minimum atomic E-state index is -1.02. The number of carboxylic acid groups (broad SMARTS) is 1. The fourth-order valence-electron chi connectivity index (χ4n) is 1.87. The molecule has 0 radical (unpaired) electrons. The first-order valence-corrected chi connectivity index (χ1v) is 7.10. The van der Waals surface area contributed by atoms with Crippen LogP contribution in [0.3, 0.4) is 0 Å². The Morgan fingerprint density at radius 2 is 2.00 bits per heavy atom. The third-order valence-corrected chi connectivity index (χ3v) is 3.88. The number of carbonyl (C=O) groups excluding carboxylic acids is 1. The van der Waals surface area contributed by atoms with Crippen LogP contribution < -0.4 is 11.1 Å². The van der Waals surface area contributed by atoms with Gasteiger partial charge in [-0.1, -0.05) is 19.3 Å². The molecular weight excluding hydrogens is 240 g/mol. The quantitative estimate of drug-likeness (QED) is 0.649. The van der Waals surface area contributed by atoms with Gasteiger partial charge in [-0.3, -0.25) is 9.59 Å². The van der Waals surface area contributed by atoms with E-state index in [4.69, 9.17) is 10.8 Å². The summed E-state index contributed by atoms with van der Waals surface area (Å²) in [5, 5.41) is 11.5. The van der Waals surface area contributed by atoms with Gasteiger partial charge in [0.25, 0.3) is 0 Å². The first-order valence-electron chi connectivity index (χ1n) is 5.95. The highest BCUT2D eigenvalue weighted by atomic mass is 32.2. The van der Waals surface area contributed by atoms with Gasteiger partial charge in [-0.05, 0) is 12.8 Å². The predicted octanol–water partition coefficient (Wildman–Crippen LogP) is 0.580. The van der Waals surface area contributed by atoms with Crippen molar-refractivity contribution < 1.29 is 14.7 Å². The minimum absolute atomic E-state index is 0.0144. The van der Waals surface area contributed by atoms with Crippen LogP contribution in [-0.4, -0.2) is 40.6 Å². The van der Waals surface area contributed by atoms with E-state index in [0.717, 1.165) is 12.8 Å². The summed E-state index contributed by atoms with van der Waals surface area (Å²) in [7, 11) is 0. The average Bonchev–Trinajstić information content (AvgIpc) is 2.30. The van der Waals surface area contributed by atoms with Gasteiger partial charge >= 0.3 is 5.97 Å². The smallest absolute Gasteiger partial charge is 0.321 e. The molecule has 6 heteroatoms. The summed E-state index contributed by atoms with van der Waals surface area (Å²) in [5.41, 5.74) is 5.33. The van der Waals surface area contributed by atoms with E-state index in [1.165, 1.54) is 31.0 Å². The van der Waals surface area contributed by atoms with Gasteiger partial charge in [0.05, 0.1) is 5.75 Å². The largest absolute Gasteiger partial charge is 0.480 e. The van der Waals surface area contributed by atoms with Gasteiger partial charge in [-0.2, -0.15) is 0 Å². The van der Waals surface area contributed by atoms with E-state index in [0.29, 0.717) is 6.04 Å². The maximum atomic E-state index is 11.5. The molecule has 1 aliphatic rings. The van der Waals surface area contributed by atoms with Crippen LogP contribution in [0.5, 0.6) is 0 Å². The predicted molar refractivity (Wildman–Crippen MR) is 68.0 cm³/mol. The van der Waals surface area contributed by atoms with Crippen LogP contribution in [-0.2, 0) is 9.59 Å². The number of nitrogens with one attached hydrogen (secondary N) is 1. The molecule has 4 N–H and O–H groups in total. The summed E-state index contributed by atoms with van der Waals surface area (Å²) in [6.45, 7) is 0. The Balaban J connectivity index is 2.10. The lowest BCUT2D eigenvalue weighted by Crippen LogP contribution is -2.38. The van der Waals surface area contributed by atoms with Gasteiger partial charge in [0.2, 0.25) is 5.91 Å². The van der Waals surface area contributed by atoms with Crippen LogP contribution in [0.25, 0.3) is 0 Å². The molecule has 1 saturated carbocycles. The van der Waals surface area contributed by atoms with Crippen molar-refractivity contribution >= 4 is 23.6 Å². The third kappa shape index (κ3) is 5.93. The molecule has 1 fully saturated rings. The van der Waals surface area contributed by atoms with E-state index in [1.54, 1.807) is 0 Å². The van der Waals surface area contributed by atoms with Crippen LogP contribution in [0.4, 0.5) is 0 Å². The van der Waals surface area contributed by atoms with E-state index >= 15 is 0 Å². The Morgan fingerprint density at radius 1 is 1.35 bits per heavy atom. The maximum Gasteiger partial charge on any atom is 0.321 e. The van der Waals surface area contributed by atoms with Crippen LogP contribution in [0.15, 0.2) is 0 Å². The number of amides is 1. The van der Waals surface area contributed by atoms with Crippen molar-refractivity contribution in [2.75, 3.05) is 11.5 Å². The van der Waals surface area contributed by atoms with Gasteiger partial charge in [-0.25, -0.2) is 0 Å². The Kier molecular flexibility index (Phi) is 6.36. The van der Waals surface area contributed by atoms with Gasteiger partial charge in [0.15, 0.2) is 0 Å². The van der Waals surface area contributed by atoms with Crippen LogP contribution in [0.1, 0.15) is 32.1 Å². The molecule has 0 bridgehead atoms. The SMILES string of the molecule is N[C@H](CSCC(=O)NC1CCCCC1)C(=O)O. The summed E-state index contributed by atoms with van der Waals surface area (Å²) >= 11 is 1.27. The molecule has 0 aliphatic heterocycles. The number of aliphatic carboxylic acids is 1. The molecule has 0 aromatic carbocycles. The summed E-state index contributed by atoms with van der Waals surface area (Å²) < 4.78 is 0. The number of nitrogens with two attached hydrogens (primary N) is 1. The van der Waals surface area contributed by atoms with Crippen molar-refractivity contribution in [1.29, 1.82) is 0 Å². The van der Waals surface area contributed by atoms with Gasteiger partial charge < -0.3 is 16.2 Å². The van der Waals surface area contributed by atoms with Gasteiger partial charge in [0, 0.05) is 11.8 Å². The second-order valence-electron chi connectivity index (χ2n) is 4.36. The van der Waals surface area contributed by atoms with E-state index in [9.17, 15) is 9.59 Å². The highest BCUT2D eigenvalue weighted by Gasteiger charge is 2.16. The summed E-state index contributed by atoms with van der Waals surface area (Å²) in [6, 6.07) is -0.576. The zero-order valence-corrected chi connectivity index (χ0v) is 10.7. The molecule has 1 rings (SSSR count). The Morgan fingerprint density at radius 3 is 2.59 bits per heavy atom. The van der Waals surface area contributed by atoms with Crippen LogP contribution in [0, 0.1) is 0 Å². The topological polar surface area (TPSA) is 92.4 Å². The molecule has 5 nitrogen and oxygen atoms in total. The number of rotatable bonds is 6. The molecule has 1 atom stereocenters. The third-order valence-electron chi connectivity index (χ3n) is 2.82. The maximum absolute atomic E-state index is 11.5. The van der Waals surface area contributed by atoms with E-state index in [-0.39, 0.29) is 17.4 Å². The first kappa shape index (κ1) is 14.3. The second kappa shape index (κ2) is 7.55. The molecule has 0 aromatic heterocycles. The Labute approximate surface area is 106 Å². The van der Waals surface area contributed by atoms with Gasteiger partial charge in [-0.15, -0.1) is 11.8 Å². The van der Waals surface area contributed by atoms with Crippen molar-refractivity contribution in [2.24, 2.45) is 5.73 Å². The zero-order chi connectivity index (χ0) is 12.7. The number of carboxylic acids is 1. The lowest BCUT2D eigenvalue weighted by atomic mass is 9.95. The van der Waals surface area contributed by atoms with Gasteiger partial charge in [0.1, 0.15) is 6.04 Å². The molecule has 98 valence electrons. The second-order valence-corrected chi connectivity index (χ2v) is 5.39. The molecule has 0 unspecified atom stereocenters. The van der Waals surface area contributed by atoms with E-state index < -0.39 is 12.0 Å². The van der Waals surface area contributed by atoms with Crippen LogP contribution in [0.2, 0.25) is 0 Å². The van der Waals surface area contributed by atoms with Crippen molar-refractivity contribution in [3.05, 3.63) is 0 Å². The number of hydrogen-bond donors (Lipinski definition) is 3. The Bertz CT molecular complexity index is 267. The van der Waals surface area contributed by atoms with Crippen LogP contribution >= 0.6 is 11.8 Å². The van der Waals surface area contributed by atoms with Crippen molar-refractivity contribution in [1.82, 2.24) is 5.32 Å². The molecule has 0 aromatic rings. The van der Waals surface area contributed by atoms with Crippen molar-refractivity contribution in [3.63, 3.8) is 0 Å². The van der Waals surface area contributed by atoms with Crippen molar-refractivity contribution in [3.8, 4) is 0 Å². The molecule has 0 heterocycles. The standard InChI is InChI=1S/C11H20N2O3S/c12-9(11(15)16)6-17-7-10(14)13-8-4-2-1-3-5-8/h8-9H,1-7,12H2,(H,13,14)(H,15,16)/t9-/m1/s1. The molecule has 1 amide bonds. The number of thioether (sulfide) groups is 1. The summed E-state index contributed by atoms with van der Waals surface area (Å²) in [4.78, 5) is 22.0. The lowest BCUT2D eigenvalue weighted by Gasteiger charge is -2.22. The zero-order valence-electron chi connectivity index (χ0n) is 9.85. The monoisotopic (exact) mass is 260 g/mol. The molecule has 0 saturated heterocycles. The minimum Gasteiger partial charge on any atom is -0.480 e. The summed E-state index contributed by atoms with van der Waals surface area (Å²) in [5.74, 6) is -0.477. The average molecular weight is 260 g/mol. The molecule has 1 aliphatic carbocycles. The van der Waals surface area contributed by atoms with Crippen molar-refractivity contribution in [2.45, 2.75) is 44.2 Å².